The zero-order chi connectivity index (χ0) is 12.4. The molecule has 0 radical (unpaired) electrons. The summed E-state index contributed by atoms with van der Waals surface area (Å²) in [5.41, 5.74) is 4.20. The molecule has 1 aliphatic rings. The molecule has 1 heterocycles. The highest BCUT2D eigenvalue weighted by molar-refractivity contribution is 5.26. The fraction of sp³-hybridized carbons (Fsp3) is 0.733. The van der Waals surface area contributed by atoms with E-state index in [1.807, 2.05) is 0 Å². The van der Waals surface area contributed by atoms with Crippen LogP contribution >= 0.6 is 0 Å². The van der Waals surface area contributed by atoms with Gasteiger partial charge in [-0.25, -0.2) is 0 Å². The van der Waals surface area contributed by atoms with Crippen LogP contribution in [0.1, 0.15) is 49.6 Å². The van der Waals surface area contributed by atoms with Gasteiger partial charge in [0, 0.05) is 31.0 Å². The molecule has 2 heteroatoms. The smallest absolute Gasteiger partial charge is 0.0225 e. The number of nitrogens with zero attached hydrogens (tertiary/aromatic N) is 1. The van der Waals surface area contributed by atoms with Crippen molar-refractivity contribution >= 4 is 0 Å². The van der Waals surface area contributed by atoms with Gasteiger partial charge < -0.3 is 9.88 Å². The van der Waals surface area contributed by atoms with Crippen LogP contribution in [0.5, 0.6) is 0 Å². The van der Waals surface area contributed by atoms with Crippen molar-refractivity contribution in [3.63, 3.8) is 0 Å². The van der Waals surface area contributed by atoms with Gasteiger partial charge in [0.25, 0.3) is 0 Å². The van der Waals surface area contributed by atoms with Crippen molar-refractivity contribution in [2.45, 2.75) is 59.0 Å². The van der Waals surface area contributed by atoms with Crippen LogP contribution in [-0.2, 0) is 13.6 Å². The fourth-order valence-corrected chi connectivity index (χ4v) is 3.01. The molecule has 1 aromatic heterocycles. The second-order valence-corrected chi connectivity index (χ2v) is 5.67. The summed E-state index contributed by atoms with van der Waals surface area (Å²) in [6, 6.07) is 2.97. The van der Waals surface area contributed by atoms with Gasteiger partial charge in [-0.05, 0) is 51.2 Å². The minimum absolute atomic E-state index is 0.664. The Morgan fingerprint density at radius 2 is 2.00 bits per heavy atom. The van der Waals surface area contributed by atoms with Gasteiger partial charge >= 0.3 is 0 Å². The summed E-state index contributed by atoms with van der Waals surface area (Å²) in [7, 11) is 2.15. The highest BCUT2D eigenvalue weighted by Gasteiger charge is 2.21. The lowest BCUT2D eigenvalue weighted by Gasteiger charge is -2.20. The maximum Gasteiger partial charge on any atom is 0.0225 e. The molecular weight excluding hydrogens is 208 g/mol. The molecule has 17 heavy (non-hydrogen) atoms. The number of aryl methyl sites for hydroxylation is 1. The van der Waals surface area contributed by atoms with Crippen LogP contribution in [0.2, 0.25) is 0 Å². The second-order valence-electron chi connectivity index (χ2n) is 5.67. The summed E-state index contributed by atoms with van der Waals surface area (Å²) in [5.74, 6) is 0.903. The molecule has 0 aliphatic heterocycles. The van der Waals surface area contributed by atoms with E-state index in [1.54, 1.807) is 0 Å². The van der Waals surface area contributed by atoms with Gasteiger partial charge in [0.15, 0.2) is 0 Å². The molecule has 0 amide bonds. The van der Waals surface area contributed by atoms with E-state index in [-0.39, 0.29) is 0 Å². The normalized spacial score (nSPS) is 18.8. The monoisotopic (exact) mass is 234 g/mol. The predicted octanol–water partition coefficient (Wildman–Crippen LogP) is 3.31. The van der Waals surface area contributed by atoms with Gasteiger partial charge in [-0.1, -0.05) is 12.8 Å². The van der Waals surface area contributed by atoms with Gasteiger partial charge in [0.1, 0.15) is 0 Å². The summed E-state index contributed by atoms with van der Waals surface area (Å²) in [6.45, 7) is 7.76. The number of aromatic nitrogens is 1. The SMILES string of the molecule is Cc1cc(CN[C@@H](C)C2CCCC2)c(C)n1C. The first-order valence-electron chi connectivity index (χ1n) is 6.94. The highest BCUT2D eigenvalue weighted by atomic mass is 15.0. The molecule has 0 bridgehead atoms. The van der Waals surface area contributed by atoms with Gasteiger partial charge in [0.05, 0.1) is 0 Å². The van der Waals surface area contributed by atoms with Crippen LogP contribution < -0.4 is 5.32 Å². The lowest BCUT2D eigenvalue weighted by atomic mass is 9.99. The zero-order valence-electron chi connectivity index (χ0n) is 11.7. The minimum atomic E-state index is 0.664. The first-order chi connectivity index (χ1) is 8.09. The van der Waals surface area contributed by atoms with E-state index in [2.05, 4.69) is 43.8 Å². The molecule has 1 aliphatic carbocycles. The third-order valence-corrected chi connectivity index (χ3v) is 4.60. The maximum absolute atomic E-state index is 3.71. The third kappa shape index (κ3) is 2.74. The molecule has 1 aromatic rings. The Morgan fingerprint density at radius 3 is 2.53 bits per heavy atom. The molecule has 96 valence electrons. The van der Waals surface area contributed by atoms with Crippen LogP contribution in [0, 0.1) is 19.8 Å². The van der Waals surface area contributed by atoms with Crippen LogP contribution in [0.15, 0.2) is 6.07 Å². The molecule has 2 nitrogen and oxygen atoms in total. The van der Waals surface area contributed by atoms with Crippen molar-refractivity contribution in [2.24, 2.45) is 13.0 Å². The van der Waals surface area contributed by atoms with Crippen LogP contribution in [0.25, 0.3) is 0 Å². The third-order valence-electron chi connectivity index (χ3n) is 4.60. The standard InChI is InChI=1S/C15H26N2/c1-11-9-15(13(3)17(11)4)10-16-12(2)14-7-5-6-8-14/h9,12,14,16H,5-8,10H2,1-4H3/t12-/m0/s1. The van der Waals surface area contributed by atoms with E-state index < -0.39 is 0 Å². The molecule has 1 N–H and O–H groups in total. The Hall–Kier alpha value is -0.760. The molecule has 2 rings (SSSR count). The van der Waals surface area contributed by atoms with Gasteiger partial charge in [-0.15, -0.1) is 0 Å². The molecule has 1 fully saturated rings. The largest absolute Gasteiger partial charge is 0.352 e. The quantitative estimate of drug-likeness (QED) is 0.845. The Labute approximate surface area is 105 Å². The van der Waals surface area contributed by atoms with E-state index in [4.69, 9.17) is 0 Å². The lowest BCUT2D eigenvalue weighted by Crippen LogP contribution is -2.31. The van der Waals surface area contributed by atoms with Gasteiger partial charge in [-0.2, -0.15) is 0 Å². The average molecular weight is 234 g/mol. The summed E-state index contributed by atoms with van der Waals surface area (Å²) < 4.78 is 2.28. The van der Waals surface area contributed by atoms with Crippen molar-refractivity contribution in [2.75, 3.05) is 0 Å². The Kier molecular flexibility index (Phi) is 3.93. The first kappa shape index (κ1) is 12.7. The number of hydrogen-bond acceptors (Lipinski definition) is 1. The Bertz CT molecular complexity index is 373. The van der Waals surface area contributed by atoms with E-state index in [9.17, 15) is 0 Å². The number of nitrogens with one attached hydrogen (secondary N) is 1. The molecule has 0 saturated heterocycles. The van der Waals surface area contributed by atoms with E-state index in [0.29, 0.717) is 6.04 Å². The van der Waals surface area contributed by atoms with Crippen LogP contribution in [-0.4, -0.2) is 10.6 Å². The Balaban J connectivity index is 1.90. The van der Waals surface area contributed by atoms with Crippen molar-refractivity contribution in [3.8, 4) is 0 Å². The summed E-state index contributed by atoms with van der Waals surface area (Å²) in [6.07, 6.45) is 5.70. The number of hydrogen-bond donors (Lipinski definition) is 1. The highest BCUT2D eigenvalue weighted by Crippen LogP contribution is 2.27. The van der Waals surface area contributed by atoms with Crippen molar-refractivity contribution < 1.29 is 0 Å². The summed E-state index contributed by atoms with van der Waals surface area (Å²) in [4.78, 5) is 0. The topological polar surface area (TPSA) is 17.0 Å². The van der Waals surface area contributed by atoms with E-state index >= 15 is 0 Å². The molecular formula is C15H26N2. The van der Waals surface area contributed by atoms with Crippen molar-refractivity contribution in [1.82, 2.24) is 9.88 Å². The molecule has 0 unspecified atom stereocenters. The van der Waals surface area contributed by atoms with Gasteiger partial charge in [-0.3, -0.25) is 0 Å². The number of rotatable bonds is 4. The Morgan fingerprint density at radius 1 is 1.35 bits per heavy atom. The molecule has 0 aromatic carbocycles. The maximum atomic E-state index is 3.71. The van der Waals surface area contributed by atoms with Crippen LogP contribution in [0.4, 0.5) is 0 Å². The van der Waals surface area contributed by atoms with E-state index in [1.165, 1.54) is 42.6 Å². The van der Waals surface area contributed by atoms with Crippen LogP contribution in [0.3, 0.4) is 0 Å². The minimum Gasteiger partial charge on any atom is -0.352 e. The van der Waals surface area contributed by atoms with Gasteiger partial charge in [0.2, 0.25) is 0 Å². The molecule has 1 saturated carbocycles. The van der Waals surface area contributed by atoms with E-state index in [0.717, 1.165) is 12.5 Å². The average Bonchev–Trinajstić information content (AvgIpc) is 2.91. The summed E-state index contributed by atoms with van der Waals surface area (Å²) in [5, 5.41) is 3.71. The first-order valence-corrected chi connectivity index (χ1v) is 6.94. The molecule has 0 spiro atoms. The molecule has 1 atom stereocenters. The summed E-state index contributed by atoms with van der Waals surface area (Å²) >= 11 is 0. The van der Waals surface area contributed by atoms with Crippen molar-refractivity contribution in [1.29, 1.82) is 0 Å². The second kappa shape index (κ2) is 5.26. The lowest BCUT2D eigenvalue weighted by molar-refractivity contribution is 0.380. The fourth-order valence-electron chi connectivity index (χ4n) is 3.01. The predicted molar refractivity (Wildman–Crippen MR) is 73.1 cm³/mol. The van der Waals surface area contributed by atoms with Crippen molar-refractivity contribution in [3.05, 3.63) is 23.0 Å². The zero-order valence-corrected chi connectivity index (χ0v) is 11.7.